The quantitative estimate of drug-likeness (QED) is 0.0875. The Bertz CT molecular complexity index is 1940. The number of H-pyrrole nitrogens is 1. The Morgan fingerprint density at radius 1 is 0.893 bits per heavy atom. The number of benzene rings is 3. The Balaban J connectivity index is 1.06. The number of ether oxygens (including phenoxy) is 3. The monoisotopic (exact) mass is 768 g/mol. The number of nitrogens with zero attached hydrogens (tertiary/aromatic N) is 1. The zero-order valence-corrected chi connectivity index (χ0v) is 32.4. The van der Waals surface area contributed by atoms with Crippen molar-refractivity contribution in [3.63, 3.8) is 0 Å². The molecule has 0 spiro atoms. The van der Waals surface area contributed by atoms with Gasteiger partial charge in [-0.15, -0.1) is 0 Å². The zero-order valence-electron chi connectivity index (χ0n) is 32.4. The number of carbonyl (C=O) groups excluding carboxylic acids is 4. The van der Waals surface area contributed by atoms with Crippen LogP contribution in [0.2, 0.25) is 0 Å². The van der Waals surface area contributed by atoms with Gasteiger partial charge in [-0.25, -0.2) is 14.0 Å². The molecule has 2 aliphatic rings. The van der Waals surface area contributed by atoms with E-state index in [0.717, 1.165) is 16.5 Å². The van der Waals surface area contributed by atoms with Gasteiger partial charge in [-0.05, 0) is 94.2 Å². The summed E-state index contributed by atoms with van der Waals surface area (Å²) in [6.07, 6.45) is 2.76. The second-order valence-electron chi connectivity index (χ2n) is 15.8. The third-order valence-corrected chi connectivity index (χ3v) is 10.6. The molecule has 6 rings (SSSR count). The lowest BCUT2D eigenvalue weighted by atomic mass is 9.78. The highest BCUT2D eigenvalue weighted by Crippen LogP contribution is 2.39. The highest BCUT2D eigenvalue weighted by atomic mass is 19.1. The van der Waals surface area contributed by atoms with Gasteiger partial charge in [0.05, 0.1) is 25.9 Å². The number of fused-ring (bicyclic) bond motifs is 1. The van der Waals surface area contributed by atoms with E-state index < -0.39 is 36.4 Å². The first kappa shape index (κ1) is 40.4. The van der Waals surface area contributed by atoms with Crippen molar-refractivity contribution in [3.8, 4) is 0 Å². The summed E-state index contributed by atoms with van der Waals surface area (Å²) < 4.78 is 30.6. The lowest BCUT2D eigenvalue weighted by Crippen LogP contribution is -2.49. The maximum atomic E-state index is 14.2. The second-order valence-corrected chi connectivity index (χ2v) is 15.8. The van der Waals surface area contributed by atoms with Crippen LogP contribution in [0.1, 0.15) is 86.8 Å². The highest BCUT2D eigenvalue weighted by Gasteiger charge is 2.45. The van der Waals surface area contributed by atoms with Crippen molar-refractivity contribution in [1.82, 2.24) is 15.2 Å². The number of hydrogen-bond donors (Lipinski definition) is 3. The predicted octanol–water partition coefficient (Wildman–Crippen LogP) is 7.92. The first-order valence-corrected chi connectivity index (χ1v) is 19.6. The van der Waals surface area contributed by atoms with Crippen molar-refractivity contribution in [3.05, 3.63) is 102 Å². The van der Waals surface area contributed by atoms with Crippen LogP contribution in [0.4, 0.5) is 14.9 Å². The van der Waals surface area contributed by atoms with Gasteiger partial charge in [0.25, 0.3) is 0 Å². The van der Waals surface area contributed by atoms with E-state index in [-0.39, 0.29) is 36.2 Å². The number of carbonyl (C=O) groups is 4. The molecule has 11 nitrogen and oxygen atoms in total. The standard InChI is InChI=1S/C44H53FN4O7/c1-44(2,3)56-43(53)48-38(27-45)31-15-17-32(18-16-31)41(51)49-22-21-35(30-13-8-5-9-14-30)39(49)40(50)46-34-19-20-36-33(25-34)26-37(47-36)42(52)55-24-10-23-54-28-29-11-6-4-7-12-29/h4-9,11-14,19-20,25-26,31-32,35,38-39,47H,10,15-18,21-24,27-28H2,1-3H3,(H,46,50)(H,48,53)/t31-,32-,35-,38-,39+/m1/s1. The number of amides is 3. The molecule has 0 unspecified atom stereocenters. The molecule has 3 aromatic carbocycles. The normalized spacial score (nSPS) is 20.3. The molecule has 1 saturated carbocycles. The molecular weight excluding hydrogens is 716 g/mol. The van der Waals surface area contributed by atoms with Crippen molar-refractivity contribution in [2.45, 2.75) is 89.5 Å². The van der Waals surface area contributed by atoms with Gasteiger partial charge in [-0.1, -0.05) is 60.7 Å². The van der Waals surface area contributed by atoms with Gasteiger partial charge in [-0.3, -0.25) is 9.59 Å². The van der Waals surface area contributed by atoms with Crippen LogP contribution in [0.5, 0.6) is 0 Å². The molecule has 1 saturated heterocycles. The van der Waals surface area contributed by atoms with Crippen LogP contribution < -0.4 is 10.6 Å². The van der Waals surface area contributed by atoms with Crippen molar-refractivity contribution >= 4 is 40.5 Å². The number of alkyl halides is 1. The maximum Gasteiger partial charge on any atom is 0.407 e. The van der Waals surface area contributed by atoms with E-state index in [2.05, 4.69) is 15.6 Å². The second kappa shape index (κ2) is 18.6. The Kier molecular flexibility index (Phi) is 13.4. The van der Waals surface area contributed by atoms with E-state index in [4.69, 9.17) is 14.2 Å². The number of nitrogens with one attached hydrogen (secondary N) is 3. The van der Waals surface area contributed by atoms with E-state index in [1.807, 2.05) is 60.7 Å². The molecule has 1 aromatic heterocycles. The molecule has 4 aromatic rings. The van der Waals surface area contributed by atoms with E-state index in [1.54, 1.807) is 49.9 Å². The van der Waals surface area contributed by atoms with Crippen LogP contribution in [0.25, 0.3) is 10.9 Å². The summed E-state index contributed by atoms with van der Waals surface area (Å²) in [4.78, 5) is 58.4. The summed E-state index contributed by atoms with van der Waals surface area (Å²) in [5.41, 5.74) is 2.93. The molecular formula is C44H53FN4O7. The van der Waals surface area contributed by atoms with Gasteiger partial charge < -0.3 is 34.7 Å². The van der Waals surface area contributed by atoms with E-state index >= 15 is 0 Å². The predicted molar refractivity (Wildman–Crippen MR) is 212 cm³/mol. The first-order chi connectivity index (χ1) is 27.0. The number of halogens is 1. The molecule has 1 aliphatic carbocycles. The van der Waals surface area contributed by atoms with Gasteiger partial charge in [0.2, 0.25) is 11.8 Å². The van der Waals surface area contributed by atoms with Crippen molar-refractivity contribution < 1.29 is 37.8 Å². The molecule has 2 heterocycles. The van der Waals surface area contributed by atoms with E-state index in [9.17, 15) is 23.6 Å². The number of rotatable bonds is 14. The smallest absolute Gasteiger partial charge is 0.407 e. The zero-order chi connectivity index (χ0) is 39.7. The molecule has 298 valence electrons. The summed E-state index contributed by atoms with van der Waals surface area (Å²) in [6.45, 7) is 6.16. The van der Waals surface area contributed by atoms with Gasteiger partial charge in [0.15, 0.2) is 0 Å². The molecule has 3 amide bonds. The van der Waals surface area contributed by atoms with Crippen LogP contribution in [0.15, 0.2) is 84.9 Å². The van der Waals surface area contributed by atoms with Crippen LogP contribution >= 0.6 is 0 Å². The average molecular weight is 769 g/mol. The molecule has 0 radical (unpaired) electrons. The van der Waals surface area contributed by atoms with Crippen molar-refractivity contribution in [1.29, 1.82) is 0 Å². The lowest BCUT2D eigenvalue weighted by molar-refractivity contribution is -0.141. The molecule has 2 fully saturated rings. The third-order valence-electron chi connectivity index (χ3n) is 10.6. The molecule has 56 heavy (non-hydrogen) atoms. The van der Waals surface area contributed by atoms with Gasteiger partial charge >= 0.3 is 12.1 Å². The number of likely N-dealkylation sites (tertiary alicyclic amines) is 1. The van der Waals surface area contributed by atoms with Crippen LogP contribution in [0, 0.1) is 11.8 Å². The SMILES string of the molecule is CC(C)(C)OC(=O)N[C@H](CF)[C@H]1CC[C@H](C(=O)N2CC[C@H](c3ccccc3)[C@H]2C(=O)Nc2ccc3[nH]c(C(=O)OCCCOCc4ccccc4)cc3c2)CC1. The summed E-state index contributed by atoms with van der Waals surface area (Å²) >= 11 is 0. The summed E-state index contributed by atoms with van der Waals surface area (Å²) in [5, 5.41) is 6.47. The Hall–Kier alpha value is -5.23. The number of alkyl carbamates (subject to hydrolysis) is 1. The fourth-order valence-electron chi connectivity index (χ4n) is 7.86. The molecule has 3 N–H and O–H groups in total. The minimum Gasteiger partial charge on any atom is -0.461 e. The Morgan fingerprint density at radius 3 is 2.30 bits per heavy atom. The largest absolute Gasteiger partial charge is 0.461 e. The summed E-state index contributed by atoms with van der Waals surface area (Å²) in [5.74, 6) is -1.48. The fraction of sp³-hybridized carbons (Fsp3) is 0.455. The van der Waals surface area contributed by atoms with Gasteiger partial charge in [-0.2, -0.15) is 0 Å². The molecule has 3 atom stereocenters. The average Bonchev–Trinajstić information content (AvgIpc) is 3.83. The summed E-state index contributed by atoms with van der Waals surface area (Å²) in [6, 6.07) is 25.3. The maximum absolute atomic E-state index is 14.2. The van der Waals surface area contributed by atoms with Gasteiger partial charge in [0, 0.05) is 41.4 Å². The lowest BCUT2D eigenvalue weighted by Gasteiger charge is -2.36. The number of anilines is 1. The number of aromatic nitrogens is 1. The van der Waals surface area contributed by atoms with Gasteiger partial charge in [0.1, 0.15) is 24.0 Å². The topological polar surface area (TPSA) is 139 Å². The third kappa shape index (κ3) is 10.5. The van der Waals surface area contributed by atoms with Crippen LogP contribution in [-0.4, -0.2) is 77.9 Å². The molecule has 12 heteroatoms. The minimum atomic E-state index is -0.737. The van der Waals surface area contributed by atoms with E-state index in [1.165, 1.54) is 0 Å². The number of hydrogen-bond acceptors (Lipinski definition) is 7. The molecule has 0 bridgehead atoms. The number of aromatic amines is 1. The first-order valence-electron chi connectivity index (χ1n) is 19.6. The van der Waals surface area contributed by atoms with Crippen LogP contribution in [-0.2, 0) is 30.4 Å². The fourth-order valence-corrected chi connectivity index (χ4v) is 7.86. The Morgan fingerprint density at radius 2 is 1.61 bits per heavy atom. The van der Waals surface area contributed by atoms with Crippen molar-refractivity contribution in [2.75, 3.05) is 31.7 Å². The van der Waals surface area contributed by atoms with Crippen molar-refractivity contribution in [2.24, 2.45) is 11.8 Å². The summed E-state index contributed by atoms with van der Waals surface area (Å²) in [7, 11) is 0. The highest BCUT2D eigenvalue weighted by molar-refractivity contribution is 6.01. The molecule has 1 aliphatic heterocycles. The Labute approximate surface area is 327 Å². The minimum absolute atomic E-state index is 0.0778. The van der Waals surface area contributed by atoms with E-state index in [0.29, 0.717) is 75.2 Å². The number of esters is 1. The van der Waals surface area contributed by atoms with Crippen LogP contribution in [0.3, 0.4) is 0 Å².